The van der Waals surface area contributed by atoms with E-state index in [2.05, 4.69) is 73.8 Å². The Labute approximate surface area is 91.7 Å². The molecule has 0 aliphatic heterocycles. The monoisotopic (exact) mass is 196 g/mol. The molecule has 2 unspecified atom stereocenters. The fourth-order valence-corrected chi connectivity index (χ4v) is 1.82. The van der Waals surface area contributed by atoms with Crippen LogP contribution in [0.5, 0.6) is 0 Å². The second-order valence-corrected chi connectivity index (χ2v) is 3.96. The van der Waals surface area contributed by atoms with E-state index >= 15 is 0 Å². The zero-order chi connectivity index (χ0) is 10.5. The summed E-state index contributed by atoms with van der Waals surface area (Å²) in [6, 6.07) is 0. The van der Waals surface area contributed by atoms with Gasteiger partial charge in [-0.25, -0.2) is 0 Å². The molecule has 0 radical (unpaired) electrons. The van der Waals surface area contributed by atoms with Gasteiger partial charge in [-0.05, 0) is 6.92 Å². The van der Waals surface area contributed by atoms with Gasteiger partial charge in [0.1, 0.15) is 0 Å². The fourth-order valence-electron chi connectivity index (χ4n) is 1.82. The van der Waals surface area contributed by atoms with E-state index in [0.29, 0.717) is 11.8 Å². The van der Waals surface area contributed by atoms with Crippen molar-refractivity contribution < 1.29 is 0 Å². The van der Waals surface area contributed by atoms with E-state index in [9.17, 15) is 0 Å². The summed E-state index contributed by atoms with van der Waals surface area (Å²) in [4.78, 5) is 0. The fraction of sp³-hybridized carbons (Fsp3) is 0.200. The van der Waals surface area contributed by atoms with Crippen molar-refractivity contribution in [3.63, 3.8) is 0 Å². The summed E-state index contributed by atoms with van der Waals surface area (Å²) in [5, 5.41) is 0. The lowest BCUT2D eigenvalue weighted by Gasteiger charge is -2.17. The molecule has 0 heterocycles. The smallest absolute Gasteiger partial charge is 0.00506 e. The van der Waals surface area contributed by atoms with E-state index in [1.54, 1.807) is 0 Å². The first-order chi connectivity index (χ1) is 7.36. The Bertz CT molecular complexity index is 386. The van der Waals surface area contributed by atoms with Gasteiger partial charge in [0, 0.05) is 11.8 Å². The average molecular weight is 196 g/mol. The van der Waals surface area contributed by atoms with Crippen molar-refractivity contribution in [2.75, 3.05) is 0 Å². The van der Waals surface area contributed by atoms with Gasteiger partial charge in [0.15, 0.2) is 0 Å². The summed E-state index contributed by atoms with van der Waals surface area (Å²) in [7, 11) is 0. The first-order valence-electron chi connectivity index (χ1n) is 5.41. The van der Waals surface area contributed by atoms with Gasteiger partial charge in [-0.1, -0.05) is 72.4 Å². The SMILES string of the molecule is CC1=C/C=C/C2C=CC=CC2/C=C\C=C\1. The van der Waals surface area contributed by atoms with Crippen LogP contribution in [0.4, 0.5) is 0 Å². The minimum absolute atomic E-state index is 0.502. The molecule has 2 aliphatic rings. The molecule has 0 nitrogen and oxygen atoms in total. The van der Waals surface area contributed by atoms with Crippen LogP contribution in [0.15, 0.2) is 72.4 Å². The van der Waals surface area contributed by atoms with Crippen LogP contribution in [0.1, 0.15) is 6.92 Å². The standard InChI is InChI=1S/C15H16/c1-13-7-2-3-9-14-10-4-5-11-15(14)12-6-8-13/h2-12,14-15H,1H3/b7-2+,9-3-,12-6+,13-8-. The molecule has 0 fully saturated rings. The molecule has 0 aromatic rings. The Hall–Kier alpha value is -1.56. The van der Waals surface area contributed by atoms with Crippen molar-refractivity contribution in [1.29, 1.82) is 0 Å². The Morgan fingerprint density at radius 3 is 1.93 bits per heavy atom. The highest BCUT2D eigenvalue weighted by Gasteiger charge is 2.12. The van der Waals surface area contributed by atoms with Crippen LogP contribution in [-0.2, 0) is 0 Å². The summed E-state index contributed by atoms with van der Waals surface area (Å²) in [5.74, 6) is 1.00. The number of fused-ring (bicyclic) bond motifs is 1. The lowest BCUT2D eigenvalue weighted by Crippen LogP contribution is -2.07. The summed E-state index contributed by atoms with van der Waals surface area (Å²) < 4.78 is 0. The normalized spacial score (nSPS) is 38.6. The molecule has 0 aromatic carbocycles. The largest absolute Gasteiger partial charge is 0.0767 e. The first kappa shape index (κ1) is 9.97. The summed E-state index contributed by atoms with van der Waals surface area (Å²) in [6.07, 6.45) is 23.9. The van der Waals surface area contributed by atoms with Crippen LogP contribution < -0.4 is 0 Å². The Morgan fingerprint density at radius 1 is 0.733 bits per heavy atom. The van der Waals surface area contributed by atoms with Gasteiger partial charge in [-0.15, -0.1) is 0 Å². The predicted molar refractivity (Wildman–Crippen MR) is 66.4 cm³/mol. The van der Waals surface area contributed by atoms with Crippen LogP contribution in [0.2, 0.25) is 0 Å². The van der Waals surface area contributed by atoms with Gasteiger partial charge in [-0.2, -0.15) is 0 Å². The lowest BCUT2D eigenvalue weighted by molar-refractivity contribution is 0.667. The van der Waals surface area contributed by atoms with E-state index in [0.717, 1.165) is 0 Å². The molecule has 0 amide bonds. The highest BCUT2D eigenvalue weighted by atomic mass is 14.2. The zero-order valence-electron chi connectivity index (χ0n) is 9.01. The minimum Gasteiger partial charge on any atom is -0.0767 e. The van der Waals surface area contributed by atoms with E-state index < -0.39 is 0 Å². The highest BCUT2D eigenvalue weighted by molar-refractivity contribution is 5.30. The molecule has 15 heavy (non-hydrogen) atoms. The molecule has 0 heteroatoms. The first-order valence-corrected chi connectivity index (χ1v) is 5.41. The third-order valence-electron chi connectivity index (χ3n) is 2.72. The van der Waals surface area contributed by atoms with Crippen LogP contribution in [0.3, 0.4) is 0 Å². The van der Waals surface area contributed by atoms with E-state index in [1.165, 1.54) is 5.57 Å². The Balaban J connectivity index is 2.27. The van der Waals surface area contributed by atoms with E-state index in [-0.39, 0.29) is 0 Å². The third kappa shape index (κ3) is 2.69. The molecular weight excluding hydrogens is 180 g/mol. The zero-order valence-corrected chi connectivity index (χ0v) is 9.01. The number of rotatable bonds is 0. The van der Waals surface area contributed by atoms with Crippen molar-refractivity contribution in [2.24, 2.45) is 11.8 Å². The number of hydrogen-bond acceptors (Lipinski definition) is 0. The van der Waals surface area contributed by atoms with Crippen LogP contribution in [0, 0.1) is 11.8 Å². The molecular formula is C15H16. The maximum Gasteiger partial charge on any atom is 0.00506 e. The highest BCUT2D eigenvalue weighted by Crippen LogP contribution is 2.23. The number of allylic oxidation sites excluding steroid dienone is 12. The van der Waals surface area contributed by atoms with Crippen LogP contribution in [-0.4, -0.2) is 0 Å². The van der Waals surface area contributed by atoms with Crippen molar-refractivity contribution in [3.8, 4) is 0 Å². The van der Waals surface area contributed by atoms with Crippen molar-refractivity contribution in [2.45, 2.75) is 6.92 Å². The summed E-state index contributed by atoms with van der Waals surface area (Å²) in [5.41, 5.74) is 1.28. The molecule has 0 saturated heterocycles. The van der Waals surface area contributed by atoms with Gasteiger partial charge < -0.3 is 0 Å². The topological polar surface area (TPSA) is 0 Å². The minimum atomic E-state index is 0.502. The van der Waals surface area contributed by atoms with Crippen molar-refractivity contribution in [1.82, 2.24) is 0 Å². The maximum absolute atomic E-state index is 2.26. The molecule has 0 N–H and O–H groups in total. The quantitative estimate of drug-likeness (QED) is 0.550. The second kappa shape index (κ2) is 4.79. The lowest BCUT2D eigenvalue weighted by atomic mass is 9.87. The average Bonchev–Trinajstić information content (AvgIpc) is 2.26. The van der Waals surface area contributed by atoms with E-state index in [1.807, 2.05) is 0 Å². The molecule has 2 atom stereocenters. The molecule has 0 spiro atoms. The third-order valence-corrected chi connectivity index (χ3v) is 2.72. The number of hydrogen-bond donors (Lipinski definition) is 0. The van der Waals surface area contributed by atoms with Gasteiger partial charge in [-0.3, -0.25) is 0 Å². The van der Waals surface area contributed by atoms with Crippen LogP contribution in [0.25, 0.3) is 0 Å². The van der Waals surface area contributed by atoms with Gasteiger partial charge >= 0.3 is 0 Å². The maximum atomic E-state index is 2.26. The molecule has 0 saturated carbocycles. The van der Waals surface area contributed by atoms with Crippen molar-refractivity contribution >= 4 is 0 Å². The van der Waals surface area contributed by atoms with Gasteiger partial charge in [0.25, 0.3) is 0 Å². The van der Waals surface area contributed by atoms with Crippen LogP contribution >= 0.6 is 0 Å². The van der Waals surface area contributed by atoms with Gasteiger partial charge in [0.2, 0.25) is 0 Å². The Morgan fingerprint density at radius 2 is 1.27 bits per heavy atom. The molecule has 76 valence electrons. The molecule has 0 bridgehead atoms. The molecule has 2 rings (SSSR count). The predicted octanol–water partition coefficient (Wildman–Crippen LogP) is 3.97. The van der Waals surface area contributed by atoms with Crippen molar-refractivity contribution in [3.05, 3.63) is 72.4 Å². The Kier molecular flexibility index (Phi) is 3.18. The second-order valence-electron chi connectivity index (χ2n) is 3.96. The summed E-state index contributed by atoms with van der Waals surface area (Å²) >= 11 is 0. The summed E-state index contributed by atoms with van der Waals surface area (Å²) in [6.45, 7) is 2.12. The van der Waals surface area contributed by atoms with Gasteiger partial charge in [0.05, 0.1) is 0 Å². The molecule has 2 aliphatic carbocycles. The van der Waals surface area contributed by atoms with E-state index in [4.69, 9.17) is 0 Å². The molecule has 0 aromatic heterocycles.